The summed E-state index contributed by atoms with van der Waals surface area (Å²) in [5.41, 5.74) is 1.14. The number of carbonyl (C=O) groups is 1. The summed E-state index contributed by atoms with van der Waals surface area (Å²) in [6.45, 7) is 4.13. The summed E-state index contributed by atoms with van der Waals surface area (Å²) in [6.07, 6.45) is 1.83. The van der Waals surface area contributed by atoms with E-state index in [9.17, 15) is 17.6 Å². The van der Waals surface area contributed by atoms with E-state index >= 15 is 0 Å². The molecule has 0 radical (unpaired) electrons. The first-order valence-corrected chi connectivity index (χ1v) is 12.1. The predicted molar refractivity (Wildman–Crippen MR) is 121 cm³/mol. The van der Waals surface area contributed by atoms with Crippen LogP contribution in [0, 0.1) is 5.82 Å². The van der Waals surface area contributed by atoms with E-state index < -0.39 is 10.0 Å². The SMILES string of the molecule is CCCCN(C)C(=O)c1ccc(Cl)c(S(=O)(=O)N2CCN(c3ccc(F)cc3)CC2)c1. The average molecular weight is 468 g/mol. The number of hydrogen-bond acceptors (Lipinski definition) is 4. The van der Waals surface area contributed by atoms with Crippen LogP contribution in [0.2, 0.25) is 5.02 Å². The van der Waals surface area contributed by atoms with Gasteiger partial charge in [-0.05, 0) is 48.9 Å². The smallest absolute Gasteiger partial charge is 0.253 e. The van der Waals surface area contributed by atoms with Crippen LogP contribution >= 0.6 is 11.6 Å². The molecule has 0 aromatic heterocycles. The van der Waals surface area contributed by atoms with Crippen molar-refractivity contribution in [1.82, 2.24) is 9.21 Å². The van der Waals surface area contributed by atoms with Crippen LogP contribution in [0.4, 0.5) is 10.1 Å². The molecule has 0 N–H and O–H groups in total. The molecular weight excluding hydrogens is 441 g/mol. The Labute approximate surface area is 188 Å². The van der Waals surface area contributed by atoms with Crippen molar-refractivity contribution in [2.45, 2.75) is 24.7 Å². The molecule has 0 unspecified atom stereocenters. The molecule has 6 nitrogen and oxygen atoms in total. The maximum Gasteiger partial charge on any atom is 0.253 e. The van der Waals surface area contributed by atoms with Crippen LogP contribution in [0.5, 0.6) is 0 Å². The van der Waals surface area contributed by atoms with Gasteiger partial charge in [-0.3, -0.25) is 4.79 Å². The molecule has 1 amide bonds. The minimum absolute atomic E-state index is 0.0564. The third kappa shape index (κ3) is 5.37. The zero-order chi connectivity index (χ0) is 22.6. The van der Waals surface area contributed by atoms with Gasteiger partial charge in [0.25, 0.3) is 5.91 Å². The van der Waals surface area contributed by atoms with Crippen LogP contribution in [0.3, 0.4) is 0 Å². The van der Waals surface area contributed by atoms with Crippen molar-refractivity contribution in [3.63, 3.8) is 0 Å². The predicted octanol–water partition coefficient (Wildman–Crippen LogP) is 3.86. The Balaban J connectivity index is 1.76. The zero-order valence-electron chi connectivity index (χ0n) is 17.7. The second-order valence-electron chi connectivity index (χ2n) is 7.59. The van der Waals surface area contributed by atoms with Crippen LogP contribution < -0.4 is 4.90 Å². The van der Waals surface area contributed by atoms with Crippen LogP contribution in [0.1, 0.15) is 30.1 Å². The van der Waals surface area contributed by atoms with Gasteiger partial charge in [-0.1, -0.05) is 24.9 Å². The number of sulfonamides is 1. The average Bonchev–Trinajstić information content (AvgIpc) is 2.77. The molecule has 1 saturated heterocycles. The number of carbonyl (C=O) groups excluding carboxylic acids is 1. The number of hydrogen-bond donors (Lipinski definition) is 0. The van der Waals surface area contributed by atoms with Crippen LogP contribution in [-0.4, -0.2) is 63.3 Å². The van der Waals surface area contributed by atoms with Gasteiger partial charge in [0.05, 0.1) is 5.02 Å². The number of amides is 1. The van der Waals surface area contributed by atoms with Crippen molar-refractivity contribution < 1.29 is 17.6 Å². The van der Waals surface area contributed by atoms with Gasteiger partial charge >= 0.3 is 0 Å². The molecule has 2 aromatic rings. The summed E-state index contributed by atoms with van der Waals surface area (Å²) in [7, 11) is -2.16. The van der Waals surface area contributed by atoms with Crippen molar-refractivity contribution in [2.75, 3.05) is 44.7 Å². The van der Waals surface area contributed by atoms with Crippen LogP contribution in [0.25, 0.3) is 0 Å². The number of rotatable bonds is 7. The summed E-state index contributed by atoms with van der Waals surface area (Å²) in [5, 5.41) is 0.0914. The topological polar surface area (TPSA) is 60.9 Å². The fourth-order valence-corrected chi connectivity index (χ4v) is 5.45. The number of piperazine rings is 1. The van der Waals surface area contributed by atoms with Crippen molar-refractivity contribution in [2.24, 2.45) is 0 Å². The minimum Gasteiger partial charge on any atom is -0.369 e. The Bertz CT molecular complexity index is 1020. The molecular formula is C22H27ClFN3O3S. The Morgan fingerprint density at radius 1 is 1.10 bits per heavy atom. The molecule has 1 heterocycles. The molecule has 0 aliphatic carbocycles. The van der Waals surface area contributed by atoms with E-state index in [-0.39, 0.29) is 34.7 Å². The van der Waals surface area contributed by atoms with E-state index in [1.54, 1.807) is 30.1 Å². The molecule has 0 spiro atoms. The summed E-state index contributed by atoms with van der Waals surface area (Å²) in [4.78, 5) is 16.2. The lowest BCUT2D eigenvalue weighted by Crippen LogP contribution is -2.48. The second kappa shape index (κ2) is 9.97. The summed E-state index contributed by atoms with van der Waals surface area (Å²) < 4.78 is 41.1. The molecule has 1 aliphatic rings. The summed E-state index contributed by atoms with van der Waals surface area (Å²) in [6, 6.07) is 10.5. The second-order valence-corrected chi connectivity index (χ2v) is 9.91. The highest BCUT2D eigenvalue weighted by atomic mass is 35.5. The Morgan fingerprint density at radius 3 is 2.35 bits per heavy atom. The Hall–Kier alpha value is -2.16. The van der Waals surface area contributed by atoms with E-state index in [0.29, 0.717) is 25.2 Å². The van der Waals surface area contributed by atoms with E-state index in [4.69, 9.17) is 11.6 Å². The highest BCUT2D eigenvalue weighted by molar-refractivity contribution is 7.89. The molecule has 3 rings (SSSR count). The highest BCUT2D eigenvalue weighted by Gasteiger charge is 2.31. The van der Waals surface area contributed by atoms with E-state index in [0.717, 1.165) is 18.5 Å². The third-order valence-corrected chi connectivity index (χ3v) is 7.80. The van der Waals surface area contributed by atoms with Crippen LogP contribution in [0.15, 0.2) is 47.4 Å². The summed E-state index contributed by atoms with van der Waals surface area (Å²) in [5.74, 6) is -0.544. The van der Waals surface area contributed by atoms with E-state index in [1.807, 2.05) is 11.8 Å². The van der Waals surface area contributed by atoms with Crippen molar-refractivity contribution in [1.29, 1.82) is 0 Å². The number of nitrogens with zero attached hydrogens (tertiary/aromatic N) is 3. The molecule has 168 valence electrons. The largest absolute Gasteiger partial charge is 0.369 e. The highest BCUT2D eigenvalue weighted by Crippen LogP contribution is 2.28. The standard InChI is InChI=1S/C22H27ClFN3O3S/c1-3-4-11-25(2)22(28)17-5-10-20(23)21(16-17)31(29,30)27-14-12-26(13-15-27)19-8-6-18(24)7-9-19/h5-10,16H,3-4,11-15H2,1-2H3. The molecule has 9 heteroatoms. The molecule has 2 aromatic carbocycles. The maximum absolute atomic E-state index is 13.3. The lowest BCUT2D eigenvalue weighted by atomic mass is 10.2. The zero-order valence-corrected chi connectivity index (χ0v) is 19.3. The van der Waals surface area contributed by atoms with Gasteiger partial charge < -0.3 is 9.80 Å². The van der Waals surface area contributed by atoms with Gasteiger partial charge in [0.2, 0.25) is 10.0 Å². The summed E-state index contributed by atoms with van der Waals surface area (Å²) >= 11 is 6.23. The first-order chi connectivity index (χ1) is 14.7. The van der Waals surface area contributed by atoms with Crippen molar-refractivity contribution in [3.8, 4) is 0 Å². The third-order valence-electron chi connectivity index (χ3n) is 5.42. The first-order valence-electron chi connectivity index (χ1n) is 10.3. The maximum atomic E-state index is 13.3. The van der Waals surface area contributed by atoms with Crippen molar-refractivity contribution in [3.05, 3.63) is 58.9 Å². The van der Waals surface area contributed by atoms with Gasteiger partial charge in [-0.15, -0.1) is 0 Å². The number of anilines is 1. The lowest BCUT2D eigenvalue weighted by Gasteiger charge is -2.35. The molecule has 0 bridgehead atoms. The fraction of sp³-hybridized carbons (Fsp3) is 0.409. The van der Waals surface area contributed by atoms with Gasteiger partial charge in [-0.25, -0.2) is 12.8 Å². The van der Waals surface area contributed by atoms with Gasteiger partial charge in [0.15, 0.2) is 0 Å². The minimum atomic E-state index is -3.86. The number of benzene rings is 2. The van der Waals surface area contributed by atoms with Crippen LogP contribution in [-0.2, 0) is 10.0 Å². The Morgan fingerprint density at radius 2 is 1.74 bits per heavy atom. The first kappa shape index (κ1) is 23.5. The molecule has 0 atom stereocenters. The Kier molecular flexibility index (Phi) is 7.56. The molecule has 1 aliphatic heterocycles. The normalized spacial score (nSPS) is 15.2. The van der Waals surface area contributed by atoms with Gasteiger partial charge in [-0.2, -0.15) is 4.31 Å². The molecule has 0 saturated carbocycles. The van der Waals surface area contributed by atoms with Gasteiger partial charge in [0, 0.05) is 51.0 Å². The lowest BCUT2D eigenvalue weighted by molar-refractivity contribution is 0.0793. The van der Waals surface area contributed by atoms with Gasteiger partial charge in [0.1, 0.15) is 10.7 Å². The van der Waals surface area contributed by atoms with Crippen molar-refractivity contribution >= 4 is 33.2 Å². The van der Waals surface area contributed by atoms with E-state index in [1.165, 1.54) is 28.6 Å². The molecule has 1 fully saturated rings. The number of halogens is 2. The number of unbranched alkanes of at least 4 members (excludes halogenated alkanes) is 1. The monoisotopic (exact) mass is 467 g/mol. The van der Waals surface area contributed by atoms with E-state index in [2.05, 4.69) is 0 Å². The quantitative estimate of drug-likeness (QED) is 0.620. The fourth-order valence-electron chi connectivity index (χ4n) is 3.53. The molecule has 31 heavy (non-hydrogen) atoms.